The molecular weight excluding hydrogens is 779 g/mol. The lowest BCUT2D eigenvalue weighted by Crippen LogP contribution is -2.46. The van der Waals surface area contributed by atoms with Crippen LogP contribution in [0.15, 0.2) is 109 Å². The van der Waals surface area contributed by atoms with E-state index in [1.165, 1.54) is 83.5 Å². The third-order valence-electron chi connectivity index (χ3n) is 11.1. The number of hydrogen-bond donors (Lipinski definition) is 3. The Morgan fingerprint density at radius 1 is 0.476 bits per heavy atom. The molecule has 0 aromatic heterocycles. The topological polar surface area (TPSA) is 95.9 Å². The molecule has 3 atom stereocenters. The van der Waals surface area contributed by atoms with Crippen molar-refractivity contribution in [3.8, 4) is 0 Å². The van der Waals surface area contributed by atoms with Crippen LogP contribution in [-0.2, 0) is 14.3 Å². The Balaban J connectivity index is 4.79. The first-order chi connectivity index (χ1) is 31.0. The highest BCUT2D eigenvalue weighted by molar-refractivity contribution is 5.77. The molecule has 0 aliphatic heterocycles. The van der Waals surface area contributed by atoms with Crippen LogP contribution >= 0.6 is 0 Å². The van der Waals surface area contributed by atoms with Crippen LogP contribution < -0.4 is 5.32 Å². The summed E-state index contributed by atoms with van der Waals surface area (Å²) in [5.74, 6) is -0.571. The summed E-state index contributed by atoms with van der Waals surface area (Å²) in [5, 5.41) is 23.8. The molecule has 3 unspecified atom stereocenters. The van der Waals surface area contributed by atoms with E-state index in [0.29, 0.717) is 19.3 Å². The highest BCUT2D eigenvalue weighted by Gasteiger charge is 2.24. The number of ether oxygens (including phenoxy) is 1. The van der Waals surface area contributed by atoms with Crippen LogP contribution in [0.5, 0.6) is 0 Å². The van der Waals surface area contributed by atoms with Crippen LogP contribution in [0.4, 0.5) is 0 Å². The average molecular weight is 874 g/mol. The average Bonchev–Trinajstić information content (AvgIpc) is 3.28. The molecule has 0 aromatic carbocycles. The van der Waals surface area contributed by atoms with E-state index in [2.05, 4.69) is 74.7 Å². The van der Waals surface area contributed by atoms with Crippen molar-refractivity contribution < 1.29 is 24.5 Å². The molecule has 0 heterocycles. The van der Waals surface area contributed by atoms with Gasteiger partial charge in [-0.2, -0.15) is 0 Å². The van der Waals surface area contributed by atoms with Gasteiger partial charge in [-0.3, -0.25) is 9.59 Å². The highest BCUT2D eigenvalue weighted by Crippen LogP contribution is 2.17. The third kappa shape index (κ3) is 44.9. The van der Waals surface area contributed by atoms with Crippen LogP contribution in [0.25, 0.3) is 0 Å². The van der Waals surface area contributed by atoms with Crippen molar-refractivity contribution in [1.29, 1.82) is 0 Å². The number of hydrogen-bond acceptors (Lipinski definition) is 5. The van der Waals surface area contributed by atoms with Crippen LogP contribution in [0, 0.1) is 0 Å². The van der Waals surface area contributed by atoms with Gasteiger partial charge in [0.05, 0.1) is 25.2 Å². The molecule has 0 aromatic rings. The van der Waals surface area contributed by atoms with Crippen LogP contribution in [0.3, 0.4) is 0 Å². The Kier molecular flexibility index (Phi) is 46.8. The number of unbranched alkanes of at least 4 members (excludes halogenated alkanes) is 21. The van der Waals surface area contributed by atoms with Crippen molar-refractivity contribution in [2.75, 3.05) is 6.61 Å². The summed E-state index contributed by atoms with van der Waals surface area (Å²) in [6.45, 7) is 6.27. The number of carbonyl (C=O) groups is 2. The summed E-state index contributed by atoms with van der Waals surface area (Å²) < 4.78 is 5.90. The minimum absolute atomic E-state index is 0.0273. The zero-order chi connectivity index (χ0) is 45.9. The quantitative estimate of drug-likeness (QED) is 0.0322. The van der Waals surface area contributed by atoms with Gasteiger partial charge in [-0.05, 0) is 70.6 Å². The van der Waals surface area contributed by atoms with Crippen LogP contribution in [0.2, 0.25) is 0 Å². The maximum absolute atomic E-state index is 13.2. The summed E-state index contributed by atoms with van der Waals surface area (Å²) in [6.07, 6.45) is 67.1. The standard InChI is InChI=1S/C57H95NO5/c1-4-7-10-13-16-19-22-25-27-29-31-33-36-39-42-45-48-53(63-57(62)50-47-44-41-38-35-32-28-26-23-20-17-14-11-8-5-2)51-56(61)58-54(52-59)55(60)49-46-43-40-37-34-30-24-21-18-15-12-9-6-3/h8,11,14,16-17,19-20,22-23,25-29,31-33,35,53-55,59-60H,4-7,9-10,12-13,15,18,21,24,30,34,36-52H2,1-3H3,(H,58,61)/b11-8+,17-14+,19-16+,23-20-,25-22+,28-26-,29-27+,33-31+,35-32+. The van der Waals surface area contributed by atoms with Gasteiger partial charge in [0, 0.05) is 6.42 Å². The van der Waals surface area contributed by atoms with E-state index in [4.69, 9.17) is 4.74 Å². The van der Waals surface area contributed by atoms with Crippen LogP contribution in [0.1, 0.15) is 213 Å². The van der Waals surface area contributed by atoms with E-state index >= 15 is 0 Å². The largest absolute Gasteiger partial charge is 0.462 e. The van der Waals surface area contributed by atoms with Gasteiger partial charge in [0.2, 0.25) is 5.91 Å². The normalized spacial score (nSPS) is 14.2. The Labute approximate surface area is 388 Å². The SMILES string of the molecule is CC/C=C/C=C/C=C\C=C/C=C/CCCCCC(=O)OC(CCCCC/C=C/C=C/C=C/C=C/CCCCC)CC(=O)NC(CO)C(O)CCCCCCCCCCCCCCC. The molecule has 0 fully saturated rings. The first kappa shape index (κ1) is 59.5. The number of nitrogens with one attached hydrogen (secondary N) is 1. The van der Waals surface area contributed by atoms with Crippen molar-refractivity contribution in [3.05, 3.63) is 109 Å². The molecule has 6 nitrogen and oxygen atoms in total. The molecule has 6 heteroatoms. The fourth-order valence-corrected chi connectivity index (χ4v) is 7.17. The van der Waals surface area contributed by atoms with Crippen molar-refractivity contribution in [2.45, 2.75) is 232 Å². The van der Waals surface area contributed by atoms with E-state index in [1.807, 2.05) is 60.8 Å². The van der Waals surface area contributed by atoms with E-state index in [-0.39, 0.29) is 24.9 Å². The molecule has 1 amide bonds. The fourth-order valence-electron chi connectivity index (χ4n) is 7.17. The Bertz CT molecular complexity index is 1300. The van der Waals surface area contributed by atoms with Crippen LogP contribution in [-0.4, -0.2) is 46.9 Å². The van der Waals surface area contributed by atoms with Crippen molar-refractivity contribution in [3.63, 3.8) is 0 Å². The minimum Gasteiger partial charge on any atom is -0.462 e. The summed E-state index contributed by atoms with van der Waals surface area (Å²) in [4.78, 5) is 26.1. The van der Waals surface area contributed by atoms with Gasteiger partial charge >= 0.3 is 5.97 Å². The molecule has 0 aliphatic rings. The highest BCUT2D eigenvalue weighted by atomic mass is 16.5. The second-order valence-electron chi connectivity index (χ2n) is 17.0. The lowest BCUT2D eigenvalue weighted by molar-refractivity contribution is -0.151. The summed E-state index contributed by atoms with van der Waals surface area (Å²) >= 11 is 0. The molecule has 0 bridgehead atoms. The van der Waals surface area contributed by atoms with Crippen molar-refractivity contribution >= 4 is 11.9 Å². The first-order valence-corrected chi connectivity index (χ1v) is 25.7. The Hall–Kier alpha value is -3.48. The third-order valence-corrected chi connectivity index (χ3v) is 11.1. The number of esters is 1. The molecule has 3 N–H and O–H groups in total. The van der Waals surface area contributed by atoms with Crippen molar-refractivity contribution in [2.24, 2.45) is 0 Å². The second kappa shape index (κ2) is 49.5. The first-order valence-electron chi connectivity index (χ1n) is 25.7. The Morgan fingerprint density at radius 3 is 1.33 bits per heavy atom. The fraction of sp³-hybridized carbons (Fsp3) is 0.649. The number of amides is 1. The second-order valence-corrected chi connectivity index (χ2v) is 17.0. The van der Waals surface area contributed by atoms with Gasteiger partial charge in [-0.1, -0.05) is 239 Å². The molecule has 0 saturated carbocycles. The van der Waals surface area contributed by atoms with E-state index in [9.17, 15) is 19.8 Å². The van der Waals surface area contributed by atoms with E-state index in [0.717, 1.165) is 83.5 Å². The monoisotopic (exact) mass is 874 g/mol. The molecule has 0 rings (SSSR count). The van der Waals surface area contributed by atoms with Gasteiger partial charge in [-0.25, -0.2) is 0 Å². The minimum atomic E-state index is -0.813. The number of aliphatic hydroxyl groups is 2. The van der Waals surface area contributed by atoms with Gasteiger partial charge in [0.15, 0.2) is 0 Å². The van der Waals surface area contributed by atoms with E-state index in [1.54, 1.807) is 0 Å². The number of carbonyl (C=O) groups excluding carboxylic acids is 2. The predicted octanol–water partition coefficient (Wildman–Crippen LogP) is 15.5. The molecule has 0 spiro atoms. The maximum Gasteiger partial charge on any atom is 0.306 e. The molecule has 63 heavy (non-hydrogen) atoms. The zero-order valence-corrected chi connectivity index (χ0v) is 40.7. The summed E-state index contributed by atoms with van der Waals surface area (Å²) in [7, 11) is 0. The molecule has 0 saturated heterocycles. The summed E-state index contributed by atoms with van der Waals surface area (Å²) in [5.41, 5.74) is 0. The molecule has 0 radical (unpaired) electrons. The Morgan fingerprint density at radius 2 is 0.857 bits per heavy atom. The van der Waals surface area contributed by atoms with Gasteiger partial charge in [-0.15, -0.1) is 0 Å². The number of allylic oxidation sites excluding steroid dienone is 18. The van der Waals surface area contributed by atoms with Gasteiger partial charge in [0.25, 0.3) is 0 Å². The lowest BCUT2D eigenvalue weighted by Gasteiger charge is -2.24. The predicted molar refractivity (Wildman–Crippen MR) is 273 cm³/mol. The number of aliphatic hydroxyl groups excluding tert-OH is 2. The summed E-state index contributed by atoms with van der Waals surface area (Å²) in [6, 6.07) is -0.731. The number of rotatable bonds is 44. The van der Waals surface area contributed by atoms with E-state index < -0.39 is 18.2 Å². The molecule has 358 valence electrons. The van der Waals surface area contributed by atoms with Crippen molar-refractivity contribution in [1.82, 2.24) is 5.32 Å². The molecule has 0 aliphatic carbocycles. The zero-order valence-electron chi connectivity index (χ0n) is 40.7. The van der Waals surface area contributed by atoms with Gasteiger partial charge < -0.3 is 20.3 Å². The maximum atomic E-state index is 13.2. The molecular formula is C57H95NO5. The van der Waals surface area contributed by atoms with Gasteiger partial charge in [0.1, 0.15) is 6.10 Å². The smallest absolute Gasteiger partial charge is 0.306 e. The lowest BCUT2D eigenvalue weighted by atomic mass is 10.0.